The maximum absolute atomic E-state index is 10.5. The third-order valence-corrected chi connectivity index (χ3v) is 1.74. The second-order valence-corrected chi connectivity index (χ2v) is 3.06. The summed E-state index contributed by atoms with van der Waals surface area (Å²) >= 11 is 0. The van der Waals surface area contributed by atoms with Crippen LogP contribution in [0.3, 0.4) is 0 Å². The molecule has 1 N–H and O–H groups in total. The first-order chi connectivity index (χ1) is 7.15. The van der Waals surface area contributed by atoms with Crippen molar-refractivity contribution in [3.05, 3.63) is 11.9 Å². The summed E-state index contributed by atoms with van der Waals surface area (Å²) in [7, 11) is -4.23. The van der Waals surface area contributed by atoms with E-state index in [0.29, 0.717) is 12.4 Å². The fraction of sp³-hybridized carbons (Fsp3) is 0.571. The van der Waals surface area contributed by atoms with Crippen LogP contribution in [0.15, 0.2) is 11.9 Å². The first kappa shape index (κ1) is 14.6. The Kier molecular flexibility index (Phi) is 5.12. The van der Waals surface area contributed by atoms with Crippen LogP contribution in [-0.4, -0.2) is 48.4 Å². The lowest BCUT2D eigenvalue weighted by molar-refractivity contribution is -0.134. The Morgan fingerprint density at radius 1 is 1.50 bits per heavy atom. The summed E-state index contributed by atoms with van der Waals surface area (Å²) in [6.45, 7) is 3.52. The minimum atomic E-state index is -6.00. The summed E-state index contributed by atoms with van der Waals surface area (Å²) in [6, 6.07) is 0. The predicted octanol–water partition coefficient (Wildman–Crippen LogP) is 1.44. The van der Waals surface area contributed by atoms with Crippen LogP contribution < -0.4 is 0 Å². The molecule has 1 aliphatic rings. The number of hydrogen-bond acceptors (Lipinski definition) is 3. The third-order valence-electron chi connectivity index (χ3n) is 1.74. The van der Waals surface area contributed by atoms with Crippen LogP contribution in [0.2, 0.25) is 0 Å². The lowest BCUT2D eigenvalue weighted by Gasteiger charge is -2.15. The van der Waals surface area contributed by atoms with Crippen LogP contribution in [0.5, 0.6) is 0 Å². The van der Waals surface area contributed by atoms with Gasteiger partial charge in [-0.2, -0.15) is 0 Å². The molecular formula is C7H12BF4N2O2-. The normalized spacial score (nSPS) is 15.5. The van der Waals surface area contributed by atoms with E-state index >= 15 is 0 Å². The summed E-state index contributed by atoms with van der Waals surface area (Å²) in [6.07, 6.45) is 1.67. The highest BCUT2D eigenvalue weighted by Crippen LogP contribution is 2.12. The number of nitrogens with zero attached hydrogens (tertiary/aromatic N) is 2. The molecule has 0 saturated carbocycles. The number of likely N-dealkylation sites (N-methyl/N-ethyl adjacent to an activating group) is 1. The van der Waals surface area contributed by atoms with E-state index < -0.39 is 13.2 Å². The van der Waals surface area contributed by atoms with Crippen molar-refractivity contribution in [3.63, 3.8) is 0 Å². The van der Waals surface area contributed by atoms with E-state index in [1.165, 1.54) is 0 Å². The fourth-order valence-corrected chi connectivity index (χ4v) is 1.07. The molecule has 9 heteroatoms. The van der Waals surface area contributed by atoms with Gasteiger partial charge in [0, 0.05) is 19.8 Å². The van der Waals surface area contributed by atoms with Gasteiger partial charge in [0.2, 0.25) is 0 Å². The number of carboxylic acid groups (broad SMARTS) is 1. The van der Waals surface area contributed by atoms with Gasteiger partial charge in [0.05, 0.1) is 6.67 Å². The molecule has 0 fully saturated rings. The molecule has 0 atom stereocenters. The number of rotatable bonds is 2. The maximum atomic E-state index is 10.5. The first-order valence-corrected chi connectivity index (χ1v) is 4.42. The van der Waals surface area contributed by atoms with Crippen molar-refractivity contribution in [1.82, 2.24) is 9.80 Å². The van der Waals surface area contributed by atoms with Crippen LogP contribution in [-0.2, 0) is 4.79 Å². The van der Waals surface area contributed by atoms with Crippen molar-refractivity contribution in [1.29, 1.82) is 0 Å². The van der Waals surface area contributed by atoms with Crippen molar-refractivity contribution in [2.45, 2.75) is 6.92 Å². The molecule has 0 radical (unpaired) electrons. The average Bonchev–Trinajstić information content (AvgIpc) is 2.43. The van der Waals surface area contributed by atoms with E-state index in [1.54, 1.807) is 18.1 Å². The zero-order valence-electron chi connectivity index (χ0n) is 8.83. The third kappa shape index (κ3) is 6.15. The molecule has 0 aromatic carbocycles. The molecule has 16 heavy (non-hydrogen) atoms. The minimum Gasteiger partial charge on any atom is -0.477 e. The highest BCUT2D eigenvalue weighted by atomic mass is 19.5. The topological polar surface area (TPSA) is 43.8 Å². The summed E-state index contributed by atoms with van der Waals surface area (Å²) in [5.41, 5.74) is 0.367. The van der Waals surface area contributed by atoms with Gasteiger partial charge in [-0.25, -0.2) is 4.79 Å². The van der Waals surface area contributed by atoms with Gasteiger partial charge in [-0.05, 0) is 6.92 Å². The SMILES string of the molecule is CCN1C=C(C(=O)O)N(C)C1.F[B-](F)(F)F. The standard InChI is InChI=1S/C7H12N2O2.BF4/c1-3-9-4-6(7(10)11)8(2)5-9;2-1(3,4)5/h4H,3,5H2,1-2H3,(H,10,11);/q;-1. The summed E-state index contributed by atoms with van der Waals surface area (Å²) in [5.74, 6) is -0.858. The minimum absolute atomic E-state index is 0.367. The lowest BCUT2D eigenvalue weighted by Crippen LogP contribution is -2.25. The van der Waals surface area contributed by atoms with Crippen molar-refractivity contribution < 1.29 is 27.2 Å². The Labute approximate surface area is 90.2 Å². The van der Waals surface area contributed by atoms with Gasteiger partial charge >= 0.3 is 13.2 Å². The molecular weight excluding hydrogens is 231 g/mol. The van der Waals surface area contributed by atoms with Gasteiger partial charge in [0.25, 0.3) is 0 Å². The molecule has 0 aromatic rings. The van der Waals surface area contributed by atoms with Gasteiger partial charge in [-0.1, -0.05) is 0 Å². The Hall–Kier alpha value is -1.41. The van der Waals surface area contributed by atoms with Crippen LogP contribution in [0.1, 0.15) is 6.92 Å². The average molecular weight is 243 g/mol. The highest BCUT2D eigenvalue weighted by molar-refractivity contribution is 6.50. The second kappa shape index (κ2) is 5.62. The molecule has 1 aliphatic heterocycles. The van der Waals surface area contributed by atoms with Gasteiger partial charge < -0.3 is 32.2 Å². The van der Waals surface area contributed by atoms with E-state index in [1.807, 2.05) is 11.8 Å². The summed E-state index contributed by atoms with van der Waals surface area (Å²) in [4.78, 5) is 14.2. The maximum Gasteiger partial charge on any atom is 0.673 e. The first-order valence-electron chi connectivity index (χ1n) is 4.42. The van der Waals surface area contributed by atoms with Crippen molar-refractivity contribution >= 4 is 13.2 Å². The Balaban J connectivity index is 0.000000385. The molecule has 94 valence electrons. The molecule has 0 bridgehead atoms. The highest BCUT2D eigenvalue weighted by Gasteiger charge is 2.21. The number of carbonyl (C=O) groups is 1. The zero-order chi connectivity index (χ0) is 12.9. The molecule has 1 rings (SSSR count). The van der Waals surface area contributed by atoms with Gasteiger partial charge in [0.1, 0.15) is 5.70 Å². The van der Waals surface area contributed by atoms with E-state index in [9.17, 15) is 22.1 Å². The Morgan fingerprint density at radius 2 is 1.94 bits per heavy atom. The fourth-order valence-electron chi connectivity index (χ4n) is 1.07. The molecule has 1 heterocycles. The van der Waals surface area contributed by atoms with Crippen LogP contribution >= 0.6 is 0 Å². The molecule has 0 aliphatic carbocycles. The Morgan fingerprint density at radius 3 is 2.12 bits per heavy atom. The largest absolute Gasteiger partial charge is 0.673 e. The molecule has 0 saturated heterocycles. The second-order valence-electron chi connectivity index (χ2n) is 3.06. The quantitative estimate of drug-likeness (QED) is 0.588. The van der Waals surface area contributed by atoms with Crippen molar-refractivity contribution in [2.24, 2.45) is 0 Å². The van der Waals surface area contributed by atoms with E-state index in [4.69, 9.17) is 5.11 Å². The molecule has 0 amide bonds. The Bertz CT molecular complexity index is 276. The van der Waals surface area contributed by atoms with Gasteiger partial charge in [0.15, 0.2) is 0 Å². The van der Waals surface area contributed by atoms with Gasteiger partial charge in [-0.3, -0.25) is 0 Å². The zero-order valence-corrected chi connectivity index (χ0v) is 8.83. The monoisotopic (exact) mass is 243 g/mol. The number of halogens is 4. The van der Waals surface area contributed by atoms with Gasteiger partial charge in [-0.15, -0.1) is 0 Å². The van der Waals surface area contributed by atoms with E-state index in [-0.39, 0.29) is 0 Å². The van der Waals surface area contributed by atoms with E-state index in [0.717, 1.165) is 6.54 Å². The van der Waals surface area contributed by atoms with Crippen LogP contribution in [0.4, 0.5) is 17.3 Å². The smallest absolute Gasteiger partial charge is 0.477 e. The molecule has 0 spiro atoms. The van der Waals surface area contributed by atoms with Crippen molar-refractivity contribution in [3.8, 4) is 0 Å². The van der Waals surface area contributed by atoms with Crippen molar-refractivity contribution in [2.75, 3.05) is 20.3 Å². The van der Waals surface area contributed by atoms with Crippen LogP contribution in [0.25, 0.3) is 0 Å². The summed E-state index contributed by atoms with van der Waals surface area (Å²) < 4.78 is 39.0. The van der Waals surface area contributed by atoms with E-state index in [2.05, 4.69) is 0 Å². The number of carboxylic acids is 1. The lowest BCUT2D eigenvalue weighted by atomic mass is 10.3. The summed E-state index contributed by atoms with van der Waals surface area (Å²) in [5, 5.41) is 8.66. The molecule has 0 aromatic heterocycles. The van der Waals surface area contributed by atoms with Crippen LogP contribution in [0, 0.1) is 0 Å². The predicted molar refractivity (Wildman–Crippen MR) is 50.9 cm³/mol. The molecule has 4 nitrogen and oxygen atoms in total. The number of aliphatic carboxylic acids is 1. The molecule has 0 unspecified atom stereocenters. The number of hydrogen-bond donors (Lipinski definition) is 1.